The molecular weight excluding hydrogens is 266 g/mol. The minimum atomic E-state index is -0.427. The molecular formula is C17H33NO3. The zero-order valence-corrected chi connectivity index (χ0v) is 14.5. The average Bonchev–Trinajstić information content (AvgIpc) is 2.32. The van der Waals surface area contributed by atoms with Gasteiger partial charge in [-0.1, -0.05) is 32.6 Å². The number of nitrogens with zero attached hydrogens (tertiary/aromatic N) is 1. The largest absolute Gasteiger partial charge is 0.444 e. The molecule has 1 saturated carbocycles. The van der Waals surface area contributed by atoms with Crippen molar-refractivity contribution >= 4 is 6.09 Å². The lowest BCUT2D eigenvalue weighted by Crippen LogP contribution is -2.50. The molecule has 0 spiro atoms. The molecule has 0 bridgehead atoms. The van der Waals surface area contributed by atoms with Crippen molar-refractivity contribution in [2.45, 2.75) is 90.4 Å². The molecule has 0 aromatic heterocycles. The summed E-state index contributed by atoms with van der Waals surface area (Å²) in [5.41, 5.74) is -0.427. The molecule has 1 aliphatic carbocycles. The third-order valence-corrected chi connectivity index (χ3v) is 3.90. The maximum Gasteiger partial charge on any atom is 0.410 e. The van der Waals surface area contributed by atoms with Crippen LogP contribution < -0.4 is 0 Å². The summed E-state index contributed by atoms with van der Waals surface area (Å²) in [6, 6.07) is 0.268. The summed E-state index contributed by atoms with van der Waals surface area (Å²) in [4.78, 5) is 13.6. The lowest BCUT2D eigenvalue weighted by molar-refractivity contribution is -0.0518. The normalized spacial score (nSPS) is 21.8. The highest BCUT2D eigenvalue weighted by atomic mass is 16.6. The van der Waals surface area contributed by atoms with Crippen LogP contribution in [0.3, 0.4) is 0 Å². The van der Waals surface area contributed by atoms with Crippen molar-refractivity contribution in [2.24, 2.45) is 0 Å². The van der Waals surface area contributed by atoms with E-state index in [1.54, 1.807) is 4.90 Å². The van der Waals surface area contributed by atoms with Crippen LogP contribution in [-0.2, 0) is 9.47 Å². The quantitative estimate of drug-likeness (QED) is 0.625. The van der Waals surface area contributed by atoms with E-state index in [-0.39, 0.29) is 12.1 Å². The first kappa shape index (κ1) is 18.3. The molecule has 0 N–H and O–H groups in total. The Balaban J connectivity index is 2.08. The first-order chi connectivity index (χ1) is 9.83. The minimum absolute atomic E-state index is 0.231. The molecule has 21 heavy (non-hydrogen) atoms. The number of amides is 1. The second-order valence-corrected chi connectivity index (χ2v) is 7.12. The lowest BCUT2D eigenvalue weighted by atomic mass is 9.88. The molecule has 0 aliphatic heterocycles. The van der Waals surface area contributed by atoms with Crippen molar-refractivity contribution in [1.82, 2.24) is 4.90 Å². The highest BCUT2D eigenvalue weighted by Gasteiger charge is 2.36. The van der Waals surface area contributed by atoms with Gasteiger partial charge < -0.3 is 14.4 Å². The van der Waals surface area contributed by atoms with Gasteiger partial charge >= 0.3 is 6.09 Å². The van der Waals surface area contributed by atoms with Crippen LogP contribution in [0.25, 0.3) is 0 Å². The monoisotopic (exact) mass is 299 g/mol. The molecule has 0 atom stereocenters. The van der Waals surface area contributed by atoms with E-state index in [4.69, 9.17) is 9.47 Å². The number of carbonyl (C=O) groups is 1. The van der Waals surface area contributed by atoms with Crippen LogP contribution in [0.4, 0.5) is 4.79 Å². The van der Waals surface area contributed by atoms with E-state index < -0.39 is 5.60 Å². The van der Waals surface area contributed by atoms with Gasteiger partial charge in [0.2, 0.25) is 0 Å². The summed E-state index contributed by atoms with van der Waals surface area (Å²) in [6.45, 7) is 8.77. The van der Waals surface area contributed by atoms with E-state index in [1.165, 1.54) is 25.7 Å². The molecule has 1 fully saturated rings. The van der Waals surface area contributed by atoms with Crippen molar-refractivity contribution < 1.29 is 14.3 Å². The molecule has 4 nitrogen and oxygen atoms in total. The Bertz CT molecular complexity index is 306. The first-order valence-corrected chi connectivity index (χ1v) is 8.41. The second-order valence-electron chi connectivity index (χ2n) is 7.12. The first-order valence-electron chi connectivity index (χ1n) is 8.41. The summed E-state index contributed by atoms with van der Waals surface area (Å²) in [5, 5.41) is 0. The van der Waals surface area contributed by atoms with Crippen LogP contribution in [0.1, 0.15) is 72.6 Å². The summed E-state index contributed by atoms with van der Waals surface area (Å²) < 4.78 is 11.2. The van der Waals surface area contributed by atoms with Crippen molar-refractivity contribution in [3.05, 3.63) is 0 Å². The fraction of sp³-hybridized carbons (Fsp3) is 0.941. The highest BCUT2D eigenvalue weighted by Crippen LogP contribution is 2.28. The average molecular weight is 299 g/mol. The van der Waals surface area contributed by atoms with Crippen LogP contribution in [0, 0.1) is 0 Å². The third kappa shape index (κ3) is 7.16. The molecule has 0 heterocycles. The van der Waals surface area contributed by atoms with E-state index >= 15 is 0 Å². The fourth-order valence-electron chi connectivity index (χ4n) is 2.43. The van der Waals surface area contributed by atoms with Crippen molar-refractivity contribution in [3.63, 3.8) is 0 Å². The Morgan fingerprint density at radius 3 is 2.33 bits per heavy atom. The van der Waals surface area contributed by atoms with Crippen molar-refractivity contribution in [2.75, 3.05) is 13.7 Å². The molecule has 0 aromatic carbocycles. The molecule has 1 rings (SSSR count). The van der Waals surface area contributed by atoms with E-state index in [1.807, 2.05) is 27.8 Å². The van der Waals surface area contributed by atoms with Gasteiger partial charge in [0.25, 0.3) is 0 Å². The van der Waals surface area contributed by atoms with Crippen LogP contribution in [0.5, 0.6) is 0 Å². The summed E-state index contributed by atoms with van der Waals surface area (Å²) in [7, 11) is 1.82. The Kier molecular flexibility index (Phi) is 7.50. The van der Waals surface area contributed by atoms with Crippen LogP contribution in [0.15, 0.2) is 0 Å². The number of ether oxygens (including phenoxy) is 2. The van der Waals surface area contributed by atoms with Gasteiger partial charge in [0.15, 0.2) is 0 Å². The summed E-state index contributed by atoms with van der Waals surface area (Å²) in [5.74, 6) is 0. The number of hydrogen-bond donors (Lipinski definition) is 0. The maximum atomic E-state index is 11.9. The van der Waals surface area contributed by atoms with Crippen molar-refractivity contribution in [3.8, 4) is 0 Å². The van der Waals surface area contributed by atoms with E-state index in [0.717, 1.165) is 25.9 Å². The summed E-state index contributed by atoms with van der Waals surface area (Å²) >= 11 is 0. The fourth-order valence-corrected chi connectivity index (χ4v) is 2.43. The Labute approximate surface area is 130 Å². The SMILES string of the molecule is CCCCCCCOC1CC(N(C)C(=O)OC(C)(C)C)C1. The molecule has 124 valence electrons. The van der Waals surface area contributed by atoms with Gasteiger partial charge in [0, 0.05) is 19.7 Å². The van der Waals surface area contributed by atoms with Crippen LogP contribution in [0.2, 0.25) is 0 Å². The zero-order chi connectivity index (χ0) is 15.9. The van der Waals surface area contributed by atoms with Gasteiger partial charge in [0.1, 0.15) is 5.60 Å². The Hall–Kier alpha value is -0.770. The van der Waals surface area contributed by atoms with Gasteiger partial charge in [-0.3, -0.25) is 0 Å². The topological polar surface area (TPSA) is 38.8 Å². The van der Waals surface area contributed by atoms with Crippen LogP contribution >= 0.6 is 0 Å². The molecule has 4 heteroatoms. The molecule has 0 aromatic rings. The standard InChI is InChI=1S/C17H33NO3/c1-6-7-8-9-10-11-20-15-12-14(13-15)18(5)16(19)21-17(2,3)4/h14-15H,6-13H2,1-5H3. The summed E-state index contributed by atoms with van der Waals surface area (Å²) in [6.07, 6.45) is 8.31. The van der Waals surface area contributed by atoms with E-state index in [9.17, 15) is 4.79 Å². The van der Waals surface area contributed by atoms with Gasteiger partial charge in [-0.15, -0.1) is 0 Å². The van der Waals surface area contributed by atoms with Gasteiger partial charge in [-0.25, -0.2) is 4.79 Å². The van der Waals surface area contributed by atoms with Crippen LogP contribution in [-0.4, -0.2) is 42.4 Å². The van der Waals surface area contributed by atoms with Gasteiger partial charge in [-0.2, -0.15) is 0 Å². The Morgan fingerprint density at radius 2 is 1.76 bits per heavy atom. The zero-order valence-electron chi connectivity index (χ0n) is 14.5. The maximum absolute atomic E-state index is 11.9. The van der Waals surface area contributed by atoms with Crippen molar-refractivity contribution in [1.29, 1.82) is 0 Å². The number of carbonyl (C=O) groups excluding carboxylic acids is 1. The van der Waals surface area contributed by atoms with Gasteiger partial charge in [-0.05, 0) is 40.0 Å². The van der Waals surface area contributed by atoms with E-state index in [2.05, 4.69) is 6.92 Å². The molecule has 1 aliphatic rings. The Morgan fingerprint density at radius 1 is 1.14 bits per heavy atom. The number of unbranched alkanes of at least 4 members (excludes halogenated alkanes) is 4. The molecule has 0 unspecified atom stereocenters. The highest BCUT2D eigenvalue weighted by molar-refractivity contribution is 5.68. The van der Waals surface area contributed by atoms with E-state index in [0.29, 0.717) is 6.10 Å². The molecule has 1 amide bonds. The predicted molar refractivity (Wildman–Crippen MR) is 85.5 cm³/mol. The minimum Gasteiger partial charge on any atom is -0.444 e. The number of rotatable bonds is 8. The second kappa shape index (κ2) is 8.62. The predicted octanol–water partition coefficient (Wildman–Crippen LogP) is 4.37. The molecule has 0 radical (unpaired) electrons. The smallest absolute Gasteiger partial charge is 0.410 e. The molecule has 0 saturated heterocycles. The van der Waals surface area contributed by atoms with Gasteiger partial charge in [0.05, 0.1) is 6.10 Å². The third-order valence-electron chi connectivity index (χ3n) is 3.90. The lowest BCUT2D eigenvalue weighted by Gasteiger charge is -2.41. The number of hydrogen-bond acceptors (Lipinski definition) is 3.